The van der Waals surface area contributed by atoms with Gasteiger partial charge in [0.25, 0.3) is 0 Å². The van der Waals surface area contributed by atoms with Gasteiger partial charge in [-0.1, -0.05) is 36.8 Å². The van der Waals surface area contributed by atoms with E-state index >= 15 is 0 Å². The number of nitrogens with zero attached hydrogens (tertiary/aromatic N) is 5. The monoisotopic (exact) mass is 367 g/mol. The number of aryl methyl sites for hydroxylation is 1. The highest BCUT2D eigenvalue weighted by Crippen LogP contribution is 2.14. The van der Waals surface area contributed by atoms with E-state index in [9.17, 15) is 9.18 Å². The third-order valence-corrected chi connectivity index (χ3v) is 4.17. The lowest BCUT2D eigenvalue weighted by Gasteiger charge is -2.22. The minimum Gasteiger partial charge on any atom is -0.337 e. The molecule has 0 radical (unpaired) electrons. The first-order chi connectivity index (χ1) is 13.0. The van der Waals surface area contributed by atoms with Gasteiger partial charge in [0.2, 0.25) is 11.7 Å². The summed E-state index contributed by atoms with van der Waals surface area (Å²) in [6.07, 6.45) is 0.864. The number of amides is 1. The van der Waals surface area contributed by atoms with Crippen LogP contribution in [0, 0.1) is 12.7 Å². The highest BCUT2D eigenvalue weighted by atomic mass is 19.1. The van der Waals surface area contributed by atoms with Crippen LogP contribution in [0.25, 0.3) is 11.4 Å². The number of carbonyl (C=O) groups is 1. The number of hydrogen-bond acceptors (Lipinski definition) is 4. The van der Waals surface area contributed by atoms with Crippen molar-refractivity contribution in [1.82, 2.24) is 25.1 Å². The van der Waals surface area contributed by atoms with Gasteiger partial charge in [-0.05, 0) is 48.4 Å². The van der Waals surface area contributed by atoms with E-state index in [1.54, 1.807) is 17.0 Å². The standard InChI is InChI=1S/C20H22FN5O/c1-3-12-25(13-16-6-4-15(2)5-7-16)19(27)14-26-23-20(22-24-26)17-8-10-18(21)11-9-17/h4-11H,3,12-14H2,1-2H3. The fourth-order valence-corrected chi connectivity index (χ4v) is 2.72. The van der Waals surface area contributed by atoms with Crippen molar-refractivity contribution >= 4 is 5.91 Å². The van der Waals surface area contributed by atoms with Crippen LogP contribution in [0.2, 0.25) is 0 Å². The Morgan fingerprint density at radius 2 is 1.81 bits per heavy atom. The Morgan fingerprint density at radius 3 is 2.48 bits per heavy atom. The van der Waals surface area contributed by atoms with Crippen molar-refractivity contribution in [1.29, 1.82) is 0 Å². The van der Waals surface area contributed by atoms with Crippen molar-refractivity contribution in [2.24, 2.45) is 0 Å². The van der Waals surface area contributed by atoms with E-state index in [0.717, 1.165) is 12.0 Å². The number of tetrazole rings is 1. The van der Waals surface area contributed by atoms with Crippen LogP contribution in [-0.4, -0.2) is 37.6 Å². The van der Waals surface area contributed by atoms with Crippen LogP contribution in [0.15, 0.2) is 48.5 Å². The highest BCUT2D eigenvalue weighted by Gasteiger charge is 2.16. The number of carbonyl (C=O) groups excluding carboxylic acids is 1. The zero-order chi connectivity index (χ0) is 19.2. The summed E-state index contributed by atoms with van der Waals surface area (Å²) in [5.41, 5.74) is 2.92. The molecule has 0 aliphatic heterocycles. The lowest BCUT2D eigenvalue weighted by Crippen LogP contribution is -2.34. The molecule has 1 heterocycles. The van der Waals surface area contributed by atoms with Crippen LogP contribution in [0.4, 0.5) is 4.39 Å². The molecule has 27 heavy (non-hydrogen) atoms. The average molecular weight is 367 g/mol. The number of hydrogen-bond donors (Lipinski definition) is 0. The Labute approximate surface area is 157 Å². The average Bonchev–Trinajstić information content (AvgIpc) is 3.12. The molecule has 0 unspecified atom stereocenters. The van der Waals surface area contributed by atoms with Crippen molar-refractivity contribution in [2.75, 3.05) is 6.54 Å². The summed E-state index contributed by atoms with van der Waals surface area (Å²) in [6.45, 7) is 5.29. The van der Waals surface area contributed by atoms with Crippen LogP contribution in [0.3, 0.4) is 0 Å². The van der Waals surface area contributed by atoms with Gasteiger partial charge < -0.3 is 4.90 Å². The van der Waals surface area contributed by atoms with E-state index in [4.69, 9.17) is 0 Å². The predicted molar refractivity (Wildman–Crippen MR) is 100 cm³/mol. The minimum absolute atomic E-state index is 0.0139. The lowest BCUT2D eigenvalue weighted by molar-refractivity contribution is -0.133. The zero-order valence-corrected chi connectivity index (χ0v) is 15.5. The second-order valence-electron chi connectivity index (χ2n) is 6.45. The summed E-state index contributed by atoms with van der Waals surface area (Å²) in [4.78, 5) is 15.8. The molecule has 0 aliphatic rings. The number of benzene rings is 2. The maximum atomic E-state index is 13.0. The zero-order valence-electron chi connectivity index (χ0n) is 15.5. The Kier molecular flexibility index (Phi) is 5.90. The van der Waals surface area contributed by atoms with E-state index in [-0.39, 0.29) is 18.3 Å². The summed E-state index contributed by atoms with van der Waals surface area (Å²) < 4.78 is 13.0. The summed E-state index contributed by atoms with van der Waals surface area (Å²) in [7, 11) is 0. The lowest BCUT2D eigenvalue weighted by atomic mass is 10.1. The second kappa shape index (κ2) is 8.53. The van der Waals surface area contributed by atoms with Gasteiger partial charge in [-0.2, -0.15) is 4.80 Å². The van der Waals surface area contributed by atoms with Gasteiger partial charge in [0, 0.05) is 18.7 Å². The van der Waals surface area contributed by atoms with Crippen LogP contribution in [0.5, 0.6) is 0 Å². The van der Waals surface area contributed by atoms with Crippen LogP contribution in [0.1, 0.15) is 24.5 Å². The molecule has 1 aromatic heterocycles. The molecule has 0 spiro atoms. The molecular formula is C20H22FN5O. The van der Waals surface area contributed by atoms with Crippen molar-refractivity contribution in [2.45, 2.75) is 33.4 Å². The third kappa shape index (κ3) is 4.97. The van der Waals surface area contributed by atoms with Gasteiger partial charge in [-0.15, -0.1) is 10.2 Å². The quantitative estimate of drug-likeness (QED) is 0.643. The number of rotatable bonds is 7. The largest absolute Gasteiger partial charge is 0.337 e. The van der Waals surface area contributed by atoms with Crippen molar-refractivity contribution in [3.8, 4) is 11.4 Å². The summed E-state index contributed by atoms with van der Waals surface area (Å²) in [5, 5.41) is 12.1. The summed E-state index contributed by atoms with van der Waals surface area (Å²) in [6, 6.07) is 14.0. The van der Waals surface area contributed by atoms with Gasteiger partial charge in [0.1, 0.15) is 12.4 Å². The Morgan fingerprint density at radius 1 is 1.11 bits per heavy atom. The molecule has 0 saturated heterocycles. The van der Waals surface area contributed by atoms with Gasteiger partial charge in [-0.25, -0.2) is 4.39 Å². The van der Waals surface area contributed by atoms with Gasteiger partial charge in [-0.3, -0.25) is 4.79 Å². The highest BCUT2D eigenvalue weighted by molar-refractivity contribution is 5.75. The molecule has 0 bridgehead atoms. The summed E-state index contributed by atoms with van der Waals surface area (Å²) in [5.74, 6) is -0.0310. The van der Waals surface area contributed by atoms with Gasteiger partial charge in [0.15, 0.2) is 0 Å². The molecule has 7 heteroatoms. The Hall–Kier alpha value is -3.09. The minimum atomic E-state index is -0.326. The Bertz CT molecular complexity index is 889. The first kappa shape index (κ1) is 18.7. The molecule has 0 atom stereocenters. The molecule has 1 amide bonds. The second-order valence-corrected chi connectivity index (χ2v) is 6.45. The number of aromatic nitrogens is 4. The maximum absolute atomic E-state index is 13.0. The molecule has 0 fully saturated rings. The normalized spacial score (nSPS) is 10.8. The van der Waals surface area contributed by atoms with Crippen molar-refractivity contribution in [3.63, 3.8) is 0 Å². The molecule has 140 valence electrons. The molecule has 6 nitrogen and oxygen atoms in total. The first-order valence-corrected chi connectivity index (χ1v) is 8.92. The van der Waals surface area contributed by atoms with Crippen LogP contribution >= 0.6 is 0 Å². The maximum Gasteiger partial charge on any atom is 0.246 e. The molecule has 3 rings (SSSR count). The van der Waals surface area contributed by atoms with Gasteiger partial charge in [0.05, 0.1) is 0 Å². The molecule has 0 aliphatic carbocycles. The SMILES string of the molecule is CCCN(Cc1ccc(C)cc1)C(=O)Cn1nnc(-c2ccc(F)cc2)n1. The number of halogens is 1. The van der Waals surface area contributed by atoms with E-state index in [1.807, 2.05) is 38.1 Å². The predicted octanol–water partition coefficient (Wildman–Crippen LogP) is 3.23. The molecule has 3 aromatic rings. The molecule has 0 N–H and O–H groups in total. The topological polar surface area (TPSA) is 63.9 Å². The van der Waals surface area contributed by atoms with Crippen LogP contribution in [-0.2, 0) is 17.9 Å². The van der Waals surface area contributed by atoms with Gasteiger partial charge >= 0.3 is 0 Å². The van der Waals surface area contributed by atoms with E-state index in [2.05, 4.69) is 15.4 Å². The molecule has 0 saturated carbocycles. The van der Waals surface area contributed by atoms with E-state index < -0.39 is 0 Å². The first-order valence-electron chi connectivity index (χ1n) is 8.92. The third-order valence-electron chi connectivity index (χ3n) is 4.17. The van der Waals surface area contributed by atoms with E-state index in [1.165, 1.54) is 22.5 Å². The smallest absolute Gasteiger partial charge is 0.246 e. The van der Waals surface area contributed by atoms with Crippen molar-refractivity contribution in [3.05, 3.63) is 65.5 Å². The fraction of sp³-hybridized carbons (Fsp3) is 0.300. The Balaban J connectivity index is 1.68. The van der Waals surface area contributed by atoms with Crippen LogP contribution < -0.4 is 0 Å². The molecular weight excluding hydrogens is 345 g/mol. The van der Waals surface area contributed by atoms with E-state index in [0.29, 0.717) is 24.5 Å². The molecule has 2 aromatic carbocycles. The summed E-state index contributed by atoms with van der Waals surface area (Å²) >= 11 is 0. The fourth-order valence-electron chi connectivity index (χ4n) is 2.72. The van der Waals surface area contributed by atoms with Crippen molar-refractivity contribution < 1.29 is 9.18 Å².